The number of benzene rings is 1. The normalized spacial score (nSPS) is 10.4. The molecule has 0 saturated heterocycles. The molecule has 16 heavy (non-hydrogen) atoms. The zero-order valence-electron chi connectivity index (χ0n) is 7.92. The summed E-state index contributed by atoms with van der Waals surface area (Å²) < 4.78 is 0.604. The van der Waals surface area contributed by atoms with Gasteiger partial charge in [-0.2, -0.15) is 0 Å². The van der Waals surface area contributed by atoms with E-state index in [-0.39, 0.29) is 0 Å². The maximum Gasteiger partial charge on any atom is 0.150 e. The minimum absolute atomic E-state index is 0.335. The van der Waals surface area contributed by atoms with Crippen molar-refractivity contribution in [1.82, 2.24) is 9.97 Å². The Morgan fingerprint density at radius 3 is 2.38 bits per heavy atom. The summed E-state index contributed by atoms with van der Waals surface area (Å²) in [5.41, 5.74) is 7.04. The van der Waals surface area contributed by atoms with E-state index in [9.17, 15) is 0 Å². The van der Waals surface area contributed by atoms with Gasteiger partial charge < -0.3 is 5.73 Å². The van der Waals surface area contributed by atoms with Gasteiger partial charge in [-0.3, -0.25) is 0 Å². The molecule has 1 aromatic carbocycles. The number of nitrogen functional groups attached to an aromatic ring is 1. The topological polar surface area (TPSA) is 51.8 Å². The van der Waals surface area contributed by atoms with Gasteiger partial charge in [0.05, 0.1) is 6.20 Å². The lowest BCUT2D eigenvalue weighted by atomic mass is 10.1. The standard InChI is InChI=1S/C10H6BrCl2N3/c11-8-4-15-10(14)9(16-8)5-1-6(12)3-7(13)2-5/h1-4H,(H2,14,15). The summed E-state index contributed by atoms with van der Waals surface area (Å²) in [5.74, 6) is 0.335. The van der Waals surface area contributed by atoms with Crippen LogP contribution in [0.25, 0.3) is 11.3 Å². The first kappa shape index (κ1) is 11.6. The van der Waals surface area contributed by atoms with Gasteiger partial charge in [-0.15, -0.1) is 0 Å². The third kappa shape index (κ3) is 2.45. The third-order valence-electron chi connectivity index (χ3n) is 1.91. The fourth-order valence-corrected chi connectivity index (χ4v) is 2.09. The highest BCUT2D eigenvalue weighted by atomic mass is 79.9. The number of hydrogen-bond acceptors (Lipinski definition) is 3. The smallest absolute Gasteiger partial charge is 0.150 e. The number of rotatable bonds is 1. The van der Waals surface area contributed by atoms with Gasteiger partial charge in [0.15, 0.2) is 0 Å². The number of hydrogen-bond donors (Lipinski definition) is 1. The number of anilines is 1. The molecule has 0 aliphatic carbocycles. The van der Waals surface area contributed by atoms with E-state index in [1.807, 2.05) is 0 Å². The lowest BCUT2D eigenvalue weighted by molar-refractivity contribution is 1.18. The molecule has 1 heterocycles. The average Bonchev–Trinajstić information content (AvgIpc) is 2.20. The van der Waals surface area contributed by atoms with Gasteiger partial charge in [0.25, 0.3) is 0 Å². The predicted octanol–water partition coefficient (Wildman–Crippen LogP) is 3.80. The van der Waals surface area contributed by atoms with Gasteiger partial charge >= 0.3 is 0 Å². The van der Waals surface area contributed by atoms with E-state index in [0.717, 1.165) is 5.56 Å². The van der Waals surface area contributed by atoms with Crippen LogP contribution < -0.4 is 5.73 Å². The highest BCUT2D eigenvalue weighted by Crippen LogP contribution is 2.29. The van der Waals surface area contributed by atoms with E-state index in [0.29, 0.717) is 26.2 Å². The molecule has 1 aromatic heterocycles. The SMILES string of the molecule is Nc1ncc(Br)nc1-c1cc(Cl)cc(Cl)c1. The average molecular weight is 319 g/mol. The number of nitrogens with two attached hydrogens (primary N) is 1. The Labute approximate surface area is 111 Å². The minimum Gasteiger partial charge on any atom is -0.382 e. The first-order chi connectivity index (χ1) is 7.56. The number of nitrogens with zero attached hydrogens (tertiary/aromatic N) is 2. The molecule has 0 bridgehead atoms. The molecule has 2 aromatic rings. The van der Waals surface area contributed by atoms with E-state index >= 15 is 0 Å². The summed E-state index contributed by atoms with van der Waals surface area (Å²) in [6.07, 6.45) is 1.53. The molecule has 0 fully saturated rings. The molecule has 0 unspecified atom stereocenters. The number of halogens is 3. The van der Waals surface area contributed by atoms with E-state index in [4.69, 9.17) is 28.9 Å². The molecule has 0 amide bonds. The Morgan fingerprint density at radius 2 is 1.75 bits per heavy atom. The molecule has 3 nitrogen and oxygen atoms in total. The number of aromatic nitrogens is 2. The first-order valence-corrected chi connectivity index (χ1v) is 5.85. The van der Waals surface area contributed by atoms with Gasteiger partial charge in [0.2, 0.25) is 0 Å². The van der Waals surface area contributed by atoms with Crippen molar-refractivity contribution in [2.45, 2.75) is 0 Å². The van der Waals surface area contributed by atoms with Crippen LogP contribution in [-0.2, 0) is 0 Å². The molecule has 0 saturated carbocycles. The van der Waals surface area contributed by atoms with Crippen LogP contribution in [0.15, 0.2) is 29.0 Å². The summed E-state index contributed by atoms with van der Waals surface area (Å²) >= 11 is 15.0. The van der Waals surface area contributed by atoms with Crippen molar-refractivity contribution in [3.05, 3.63) is 39.0 Å². The summed E-state index contributed by atoms with van der Waals surface area (Å²) in [6, 6.07) is 5.12. The summed E-state index contributed by atoms with van der Waals surface area (Å²) in [7, 11) is 0. The van der Waals surface area contributed by atoms with Crippen LogP contribution in [0.2, 0.25) is 10.0 Å². The summed E-state index contributed by atoms with van der Waals surface area (Å²) in [5, 5.41) is 1.06. The maximum atomic E-state index is 5.91. The molecular weight excluding hydrogens is 313 g/mol. The fourth-order valence-electron chi connectivity index (χ4n) is 1.28. The Bertz CT molecular complexity index is 525. The minimum atomic E-state index is 0.335. The van der Waals surface area contributed by atoms with Gasteiger partial charge in [-0.05, 0) is 34.1 Å². The van der Waals surface area contributed by atoms with E-state index < -0.39 is 0 Å². The molecule has 0 spiro atoms. The van der Waals surface area contributed by atoms with E-state index in [1.54, 1.807) is 18.2 Å². The second-order valence-electron chi connectivity index (χ2n) is 3.08. The Morgan fingerprint density at radius 1 is 1.12 bits per heavy atom. The molecule has 82 valence electrons. The van der Waals surface area contributed by atoms with Gasteiger partial charge in [0.1, 0.15) is 16.1 Å². The summed E-state index contributed by atoms with van der Waals surface area (Å²) in [6.45, 7) is 0. The monoisotopic (exact) mass is 317 g/mol. The molecule has 2 rings (SSSR count). The van der Waals surface area contributed by atoms with Crippen molar-refractivity contribution in [2.75, 3.05) is 5.73 Å². The molecule has 6 heteroatoms. The van der Waals surface area contributed by atoms with Crippen LogP contribution in [0, 0.1) is 0 Å². The van der Waals surface area contributed by atoms with Crippen LogP contribution in [0.5, 0.6) is 0 Å². The van der Waals surface area contributed by atoms with Crippen molar-refractivity contribution in [3.63, 3.8) is 0 Å². The molecule has 0 aliphatic rings. The lowest BCUT2D eigenvalue weighted by Crippen LogP contribution is -1.97. The summed E-state index contributed by atoms with van der Waals surface area (Å²) in [4.78, 5) is 8.23. The predicted molar refractivity (Wildman–Crippen MR) is 69.6 cm³/mol. The second-order valence-corrected chi connectivity index (χ2v) is 4.77. The maximum absolute atomic E-state index is 5.91. The third-order valence-corrected chi connectivity index (χ3v) is 2.73. The zero-order chi connectivity index (χ0) is 11.7. The molecule has 2 N–H and O–H groups in total. The van der Waals surface area contributed by atoms with E-state index in [2.05, 4.69) is 25.9 Å². The van der Waals surface area contributed by atoms with Crippen molar-refractivity contribution in [1.29, 1.82) is 0 Å². The Hall–Kier alpha value is -0.840. The second kappa shape index (κ2) is 4.57. The van der Waals surface area contributed by atoms with Crippen molar-refractivity contribution >= 4 is 44.9 Å². The molecule has 0 atom stereocenters. The van der Waals surface area contributed by atoms with Crippen LogP contribution in [0.4, 0.5) is 5.82 Å². The highest BCUT2D eigenvalue weighted by molar-refractivity contribution is 9.10. The largest absolute Gasteiger partial charge is 0.382 e. The quantitative estimate of drug-likeness (QED) is 0.870. The Balaban J connectivity index is 2.62. The van der Waals surface area contributed by atoms with Crippen LogP contribution >= 0.6 is 39.1 Å². The highest BCUT2D eigenvalue weighted by Gasteiger charge is 2.08. The molecule has 0 aliphatic heterocycles. The van der Waals surface area contributed by atoms with Crippen LogP contribution in [0.1, 0.15) is 0 Å². The van der Waals surface area contributed by atoms with Crippen LogP contribution in [-0.4, -0.2) is 9.97 Å². The van der Waals surface area contributed by atoms with Gasteiger partial charge in [-0.1, -0.05) is 23.2 Å². The van der Waals surface area contributed by atoms with Crippen molar-refractivity contribution < 1.29 is 0 Å². The van der Waals surface area contributed by atoms with Crippen molar-refractivity contribution in [2.24, 2.45) is 0 Å². The zero-order valence-corrected chi connectivity index (χ0v) is 11.0. The van der Waals surface area contributed by atoms with Crippen LogP contribution in [0.3, 0.4) is 0 Å². The first-order valence-electron chi connectivity index (χ1n) is 4.31. The molecular formula is C10H6BrCl2N3. The van der Waals surface area contributed by atoms with Crippen molar-refractivity contribution in [3.8, 4) is 11.3 Å². The molecule has 0 radical (unpaired) electrons. The Kier molecular flexibility index (Phi) is 3.33. The fraction of sp³-hybridized carbons (Fsp3) is 0. The van der Waals surface area contributed by atoms with E-state index in [1.165, 1.54) is 6.20 Å². The lowest BCUT2D eigenvalue weighted by Gasteiger charge is -2.05. The van der Waals surface area contributed by atoms with Gasteiger partial charge in [-0.25, -0.2) is 9.97 Å². The van der Waals surface area contributed by atoms with Gasteiger partial charge in [0, 0.05) is 15.6 Å².